The minimum atomic E-state index is -0.140. The highest BCUT2D eigenvalue weighted by atomic mass is 16.2. The molecule has 0 saturated carbocycles. The second-order valence-corrected chi connectivity index (χ2v) is 10.4. The van der Waals surface area contributed by atoms with Gasteiger partial charge in [-0.2, -0.15) is 0 Å². The number of piperazine rings is 2. The average Bonchev–Trinajstić information content (AvgIpc) is 2.92. The first kappa shape index (κ1) is 25.8. The highest BCUT2D eigenvalue weighted by molar-refractivity contribution is 5.89. The fourth-order valence-electron chi connectivity index (χ4n) is 5.00. The molecule has 0 aliphatic carbocycles. The molecule has 1 aromatic heterocycles. The normalized spacial score (nSPS) is 16.6. The molecule has 2 aromatic carbocycles. The Morgan fingerprint density at radius 1 is 0.842 bits per heavy atom. The van der Waals surface area contributed by atoms with Gasteiger partial charge < -0.3 is 20.0 Å². The molecule has 0 spiro atoms. The molecule has 9 nitrogen and oxygen atoms in total. The van der Waals surface area contributed by atoms with Crippen LogP contribution in [0.1, 0.15) is 22.4 Å². The molecule has 3 aromatic rings. The smallest absolute Gasteiger partial charge is 0.321 e. The number of aromatic amines is 1. The molecule has 0 atom stereocenters. The first-order valence-electron chi connectivity index (χ1n) is 13.4. The Labute approximate surface area is 224 Å². The minimum Gasteiger partial charge on any atom is -0.369 e. The van der Waals surface area contributed by atoms with Gasteiger partial charge in [0.2, 0.25) is 5.95 Å². The number of aryl methyl sites for hydroxylation is 3. The van der Waals surface area contributed by atoms with Crippen molar-refractivity contribution in [2.24, 2.45) is 0 Å². The number of nitrogens with zero attached hydrogens (tertiary/aromatic N) is 5. The molecule has 3 heterocycles. The Balaban J connectivity index is 1.14. The third-order valence-corrected chi connectivity index (χ3v) is 7.57. The maximum atomic E-state index is 12.7. The molecule has 0 bridgehead atoms. The van der Waals surface area contributed by atoms with Gasteiger partial charge in [0, 0.05) is 76.3 Å². The molecule has 2 amide bonds. The summed E-state index contributed by atoms with van der Waals surface area (Å²) in [5.41, 5.74) is 6.49. The SMILES string of the molecule is Cc1ccc(NC(=O)N2CCN(c3nc(CN4CCN(c5ccc(C)c(C)c5)CC4)cc(=O)[nH]3)CC2)cc1. The van der Waals surface area contributed by atoms with Crippen molar-refractivity contribution in [1.29, 1.82) is 0 Å². The second-order valence-electron chi connectivity index (χ2n) is 10.4. The number of rotatable bonds is 5. The Morgan fingerprint density at radius 2 is 1.53 bits per heavy atom. The van der Waals surface area contributed by atoms with Crippen molar-refractivity contribution in [3.05, 3.63) is 81.3 Å². The van der Waals surface area contributed by atoms with Crippen LogP contribution < -0.4 is 20.7 Å². The standard InChI is InChI=1S/C29H37N7O2/c1-21-4-7-24(8-5-21)31-29(38)36-16-14-35(15-17-36)28-30-25(19-27(37)32-28)20-33-10-12-34(13-11-33)26-9-6-22(2)23(3)18-26/h4-9,18-19H,10-17,20H2,1-3H3,(H,31,38)(H,30,32,37). The van der Waals surface area contributed by atoms with Crippen LogP contribution in [-0.4, -0.2) is 78.2 Å². The van der Waals surface area contributed by atoms with Crippen molar-refractivity contribution in [2.45, 2.75) is 27.3 Å². The van der Waals surface area contributed by atoms with Gasteiger partial charge >= 0.3 is 6.03 Å². The monoisotopic (exact) mass is 515 g/mol. The number of aromatic nitrogens is 2. The number of benzene rings is 2. The summed E-state index contributed by atoms with van der Waals surface area (Å²) in [6.45, 7) is 13.1. The number of anilines is 3. The van der Waals surface area contributed by atoms with E-state index >= 15 is 0 Å². The van der Waals surface area contributed by atoms with Gasteiger partial charge in [0.25, 0.3) is 5.56 Å². The number of carbonyl (C=O) groups is 1. The van der Waals surface area contributed by atoms with E-state index in [1.807, 2.05) is 31.2 Å². The summed E-state index contributed by atoms with van der Waals surface area (Å²) in [5, 5.41) is 2.96. The van der Waals surface area contributed by atoms with Crippen molar-refractivity contribution in [3.63, 3.8) is 0 Å². The summed E-state index contributed by atoms with van der Waals surface area (Å²) < 4.78 is 0. The molecule has 2 aliphatic rings. The number of nitrogens with one attached hydrogen (secondary N) is 2. The molecule has 38 heavy (non-hydrogen) atoms. The van der Waals surface area contributed by atoms with Gasteiger partial charge in [0.1, 0.15) is 0 Å². The number of urea groups is 1. The molecule has 2 saturated heterocycles. The number of carbonyl (C=O) groups excluding carboxylic acids is 1. The molecule has 200 valence electrons. The zero-order valence-corrected chi connectivity index (χ0v) is 22.5. The summed E-state index contributed by atoms with van der Waals surface area (Å²) in [6.07, 6.45) is 0. The van der Waals surface area contributed by atoms with Crippen molar-refractivity contribution < 1.29 is 4.79 Å². The van der Waals surface area contributed by atoms with Gasteiger partial charge in [-0.05, 0) is 56.2 Å². The van der Waals surface area contributed by atoms with Gasteiger partial charge in [0.15, 0.2) is 0 Å². The van der Waals surface area contributed by atoms with Crippen molar-refractivity contribution >= 4 is 23.4 Å². The lowest BCUT2D eigenvalue weighted by Gasteiger charge is -2.36. The lowest BCUT2D eigenvalue weighted by atomic mass is 10.1. The van der Waals surface area contributed by atoms with Gasteiger partial charge in [-0.25, -0.2) is 9.78 Å². The molecule has 9 heteroatoms. The van der Waals surface area contributed by atoms with Crippen molar-refractivity contribution in [2.75, 3.05) is 67.5 Å². The Bertz CT molecular complexity index is 1320. The maximum absolute atomic E-state index is 12.7. The number of H-pyrrole nitrogens is 1. The second kappa shape index (κ2) is 11.3. The summed E-state index contributed by atoms with van der Waals surface area (Å²) >= 11 is 0. The number of hydrogen-bond donors (Lipinski definition) is 2. The van der Waals surface area contributed by atoms with E-state index in [0.29, 0.717) is 38.7 Å². The van der Waals surface area contributed by atoms with E-state index in [4.69, 9.17) is 4.98 Å². The van der Waals surface area contributed by atoms with E-state index in [1.165, 1.54) is 16.8 Å². The molecule has 2 N–H and O–H groups in total. The number of hydrogen-bond acceptors (Lipinski definition) is 6. The molecule has 0 radical (unpaired) electrons. The molecular formula is C29H37N7O2. The van der Waals surface area contributed by atoms with Gasteiger partial charge in [-0.1, -0.05) is 23.8 Å². The molecular weight excluding hydrogens is 478 g/mol. The fraction of sp³-hybridized carbons (Fsp3) is 0.414. The van der Waals surface area contributed by atoms with Crippen LogP contribution in [0.15, 0.2) is 53.3 Å². The zero-order valence-electron chi connectivity index (χ0n) is 22.5. The summed E-state index contributed by atoms with van der Waals surface area (Å²) in [6, 6.07) is 15.9. The van der Waals surface area contributed by atoms with Crippen LogP contribution in [0.5, 0.6) is 0 Å². The zero-order chi connectivity index (χ0) is 26.6. The average molecular weight is 516 g/mol. The summed E-state index contributed by atoms with van der Waals surface area (Å²) in [4.78, 5) is 41.5. The highest BCUT2D eigenvalue weighted by Gasteiger charge is 2.24. The number of amides is 2. The van der Waals surface area contributed by atoms with E-state index in [0.717, 1.165) is 43.1 Å². The van der Waals surface area contributed by atoms with Crippen LogP contribution in [0.3, 0.4) is 0 Å². The highest BCUT2D eigenvalue weighted by Crippen LogP contribution is 2.21. The third kappa shape index (κ3) is 6.16. The molecule has 5 rings (SSSR count). The Hall–Kier alpha value is -3.85. The van der Waals surface area contributed by atoms with Crippen LogP contribution in [0, 0.1) is 20.8 Å². The lowest BCUT2D eigenvalue weighted by Crippen LogP contribution is -2.51. The molecule has 0 unspecified atom stereocenters. The minimum absolute atomic E-state index is 0.108. The van der Waals surface area contributed by atoms with Crippen LogP contribution in [0.4, 0.5) is 22.1 Å². The predicted molar refractivity (Wildman–Crippen MR) is 152 cm³/mol. The van der Waals surface area contributed by atoms with E-state index < -0.39 is 0 Å². The van der Waals surface area contributed by atoms with Crippen molar-refractivity contribution in [1.82, 2.24) is 19.8 Å². The Kier molecular flexibility index (Phi) is 7.64. The van der Waals surface area contributed by atoms with E-state index in [1.54, 1.807) is 11.0 Å². The van der Waals surface area contributed by atoms with E-state index in [9.17, 15) is 9.59 Å². The predicted octanol–water partition coefficient (Wildman–Crippen LogP) is 3.37. The quantitative estimate of drug-likeness (QED) is 0.542. The van der Waals surface area contributed by atoms with Crippen LogP contribution in [0.2, 0.25) is 0 Å². The first-order chi connectivity index (χ1) is 18.3. The summed E-state index contributed by atoms with van der Waals surface area (Å²) in [7, 11) is 0. The fourth-order valence-corrected chi connectivity index (χ4v) is 5.00. The molecule has 2 fully saturated rings. The van der Waals surface area contributed by atoms with E-state index in [2.05, 4.69) is 57.0 Å². The van der Waals surface area contributed by atoms with Gasteiger partial charge in [-0.3, -0.25) is 14.7 Å². The van der Waals surface area contributed by atoms with Crippen LogP contribution in [0.25, 0.3) is 0 Å². The first-order valence-corrected chi connectivity index (χ1v) is 13.4. The van der Waals surface area contributed by atoms with E-state index in [-0.39, 0.29) is 11.6 Å². The van der Waals surface area contributed by atoms with Gasteiger partial charge in [-0.15, -0.1) is 0 Å². The van der Waals surface area contributed by atoms with Crippen LogP contribution in [-0.2, 0) is 6.54 Å². The topological polar surface area (TPSA) is 87.8 Å². The molecule has 2 aliphatic heterocycles. The Morgan fingerprint density at radius 3 is 2.21 bits per heavy atom. The van der Waals surface area contributed by atoms with Crippen LogP contribution >= 0.6 is 0 Å². The van der Waals surface area contributed by atoms with Gasteiger partial charge in [0.05, 0.1) is 5.69 Å². The van der Waals surface area contributed by atoms with Crippen molar-refractivity contribution in [3.8, 4) is 0 Å². The maximum Gasteiger partial charge on any atom is 0.321 e. The largest absolute Gasteiger partial charge is 0.369 e. The lowest BCUT2D eigenvalue weighted by molar-refractivity contribution is 0.208. The third-order valence-electron chi connectivity index (χ3n) is 7.57. The summed E-state index contributed by atoms with van der Waals surface area (Å²) in [5.74, 6) is 0.583.